The molecule has 1 N–H and O–H groups in total. The Labute approximate surface area is 143 Å². The summed E-state index contributed by atoms with van der Waals surface area (Å²) in [5, 5.41) is 19.5. The van der Waals surface area contributed by atoms with Crippen LogP contribution in [0.2, 0.25) is 0 Å². The van der Waals surface area contributed by atoms with Gasteiger partial charge in [0.25, 0.3) is 11.8 Å². The van der Waals surface area contributed by atoms with E-state index >= 15 is 0 Å². The monoisotopic (exact) mass is 394 g/mol. The van der Waals surface area contributed by atoms with Gasteiger partial charge in [0.15, 0.2) is 6.10 Å². The van der Waals surface area contributed by atoms with Crippen LogP contribution in [0.3, 0.4) is 0 Å². The molecule has 0 saturated heterocycles. The van der Waals surface area contributed by atoms with E-state index < -0.39 is 12.1 Å². The molecule has 8 heteroatoms. The van der Waals surface area contributed by atoms with Crippen LogP contribution in [0.1, 0.15) is 29.3 Å². The number of nitrogens with zero attached hydrogens (tertiary/aromatic N) is 2. The summed E-state index contributed by atoms with van der Waals surface area (Å²) in [4.78, 5) is 13.0. The van der Waals surface area contributed by atoms with Crippen molar-refractivity contribution in [2.45, 2.75) is 13.0 Å². The van der Waals surface area contributed by atoms with E-state index in [1.165, 1.54) is 23.5 Å². The second-order valence-electron chi connectivity index (χ2n) is 4.63. The molecule has 2 aromatic heterocycles. The van der Waals surface area contributed by atoms with Crippen molar-refractivity contribution in [2.75, 3.05) is 0 Å². The molecule has 0 fully saturated rings. The smallest absolute Gasteiger partial charge is 0.342 e. The number of aromatic nitrogens is 2. The highest BCUT2D eigenvalue weighted by Crippen LogP contribution is 2.28. The van der Waals surface area contributed by atoms with Gasteiger partial charge in [-0.25, -0.2) is 4.79 Å². The van der Waals surface area contributed by atoms with Crippen LogP contribution >= 0.6 is 27.3 Å². The molecule has 0 aliphatic carbocycles. The molecule has 3 rings (SSSR count). The van der Waals surface area contributed by atoms with E-state index in [1.807, 2.05) is 17.5 Å². The first-order valence-corrected chi connectivity index (χ1v) is 8.28. The summed E-state index contributed by atoms with van der Waals surface area (Å²) >= 11 is 4.72. The normalized spacial score (nSPS) is 12.1. The molecule has 6 nitrogen and oxygen atoms in total. The Morgan fingerprint density at radius 2 is 2.22 bits per heavy atom. The Bertz CT molecular complexity index is 832. The average molecular weight is 395 g/mol. The standard InChI is InChI=1S/C15H11BrN2O4S/c1-8(13-17-18-14(22-13)12-3-2-6-23-12)21-15(20)10-7-9(16)4-5-11(10)19/h2-8,19H,1H3/t8-/m0/s1. The molecule has 0 aliphatic rings. The quantitative estimate of drug-likeness (QED) is 0.667. The van der Waals surface area contributed by atoms with Gasteiger partial charge in [-0.15, -0.1) is 21.5 Å². The van der Waals surface area contributed by atoms with Gasteiger partial charge < -0.3 is 14.3 Å². The van der Waals surface area contributed by atoms with Gasteiger partial charge in [0.05, 0.1) is 4.88 Å². The molecule has 1 aromatic carbocycles. The highest BCUT2D eigenvalue weighted by atomic mass is 79.9. The van der Waals surface area contributed by atoms with Crippen LogP contribution in [0.5, 0.6) is 5.75 Å². The Balaban J connectivity index is 1.75. The van der Waals surface area contributed by atoms with Crippen molar-refractivity contribution in [2.24, 2.45) is 0 Å². The van der Waals surface area contributed by atoms with Crippen molar-refractivity contribution in [3.8, 4) is 16.5 Å². The summed E-state index contributed by atoms with van der Waals surface area (Å²) in [7, 11) is 0. The topological polar surface area (TPSA) is 85.5 Å². The maximum atomic E-state index is 12.1. The molecule has 0 radical (unpaired) electrons. The number of phenolic OH excluding ortho intramolecular Hbond substituents is 1. The van der Waals surface area contributed by atoms with Gasteiger partial charge in [-0.1, -0.05) is 22.0 Å². The third-order valence-electron chi connectivity index (χ3n) is 2.98. The molecule has 0 bridgehead atoms. The van der Waals surface area contributed by atoms with Gasteiger partial charge in [0, 0.05) is 4.47 Å². The Morgan fingerprint density at radius 1 is 1.39 bits per heavy atom. The van der Waals surface area contributed by atoms with Crippen LogP contribution in [-0.2, 0) is 4.74 Å². The van der Waals surface area contributed by atoms with E-state index in [2.05, 4.69) is 26.1 Å². The zero-order valence-electron chi connectivity index (χ0n) is 11.9. The number of esters is 1. The minimum Gasteiger partial charge on any atom is -0.507 e. The third kappa shape index (κ3) is 3.43. The van der Waals surface area contributed by atoms with E-state index in [4.69, 9.17) is 9.15 Å². The van der Waals surface area contributed by atoms with Gasteiger partial charge in [-0.05, 0) is 36.6 Å². The first-order chi connectivity index (χ1) is 11.0. The first kappa shape index (κ1) is 15.7. The number of phenols is 1. The SMILES string of the molecule is C[C@H](OC(=O)c1cc(Br)ccc1O)c1nnc(-c2cccs2)o1. The largest absolute Gasteiger partial charge is 0.507 e. The van der Waals surface area contributed by atoms with E-state index in [-0.39, 0.29) is 17.2 Å². The average Bonchev–Trinajstić information content (AvgIpc) is 3.19. The lowest BCUT2D eigenvalue weighted by atomic mass is 10.2. The molecule has 1 atom stereocenters. The third-order valence-corrected chi connectivity index (χ3v) is 4.33. The fourth-order valence-corrected chi connectivity index (χ4v) is 2.85. The molecule has 23 heavy (non-hydrogen) atoms. The van der Waals surface area contributed by atoms with Crippen molar-refractivity contribution in [1.29, 1.82) is 0 Å². The van der Waals surface area contributed by atoms with E-state index in [9.17, 15) is 9.90 Å². The molecule has 0 spiro atoms. The van der Waals surface area contributed by atoms with E-state index in [0.29, 0.717) is 10.4 Å². The number of aromatic hydroxyl groups is 1. The van der Waals surface area contributed by atoms with Gasteiger partial charge in [0.1, 0.15) is 11.3 Å². The highest BCUT2D eigenvalue weighted by Gasteiger charge is 2.22. The number of thiophene rings is 1. The van der Waals surface area contributed by atoms with Crippen LogP contribution in [0.4, 0.5) is 0 Å². The Hall–Kier alpha value is -2.19. The van der Waals surface area contributed by atoms with Gasteiger partial charge >= 0.3 is 5.97 Å². The highest BCUT2D eigenvalue weighted by molar-refractivity contribution is 9.10. The molecule has 3 aromatic rings. The second-order valence-corrected chi connectivity index (χ2v) is 6.50. The fraction of sp³-hybridized carbons (Fsp3) is 0.133. The van der Waals surface area contributed by atoms with Crippen molar-refractivity contribution in [1.82, 2.24) is 10.2 Å². The molecule has 0 aliphatic heterocycles. The van der Waals surface area contributed by atoms with E-state index in [1.54, 1.807) is 13.0 Å². The number of benzene rings is 1. The lowest BCUT2D eigenvalue weighted by Gasteiger charge is -2.10. The Kier molecular flexibility index (Phi) is 4.44. The van der Waals surface area contributed by atoms with Crippen LogP contribution in [0.15, 0.2) is 44.6 Å². The minimum absolute atomic E-state index is 0.0595. The number of rotatable bonds is 4. The molecule has 118 valence electrons. The fourth-order valence-electron chi connectivity index (χ4n) is 1.84. The van der Waals surface area contributed by atoms with Crippen molar-refractivity contribution in [3.63, 3.8) is 0 Å². The van der Waals surface area contributed by atoms with Crippen LogP contribution in [0.25, 0.3) is 10.8 Å². The first-order valence-electron chi connectivity index (χ1n) is 6.61. The minimum atomic E-state index is -0.734. The van der Waals surface area contributed by atoms with Crippen molar-refractivity contribution >= 4 is 33.2 Å². The summed E-state index contributed by atoms with van der Waals surface area (Å²) in [6.07, 6.45) is -0.734. The summed E-state index contributed by atoms with van der Waals surface area (Å²) in [5.74, 6) is -0.262. The summed E-state index contributed by atoms with van der Waals surface area (Å²) in [6, 6.07) is 8.25. The maximum absolute atomic E-state index is 12.1. The predicted octanol–water partition coefficient (Wildman–Crippen LogP) is 4.18. The predicted molar refractivity (Wildman–Crippen MR) is 87.2 cm³/mol. The second kappa shape index (κ2) is 6.51. The maximum Gasteiger partial charge on any atom is 0.342 e. The summed E-state index contributed by atoms with van der Waals surface area (Å²) < 4.78 is 11.5. The molecular formula is C15H11BrN2O4S. The van der Waals surface area contributed by atoms with Crippen molar-refractivity contribution in [3.05, 3.63) is 51.6 Å². The van der Waals surface area contributed by atoms with Gasteiger partial charge in [0.2, 0.25) is 0 Å². The zero-order valence-corrected chi connectivity index (χ0v) is 14.3. The molecule has 0 amide bonds. The molecule has 0 saturated carbocycles. The van der Waals surface area contributed by atoms with Crippen LogP contribution in [-0.4, -0.2) is 21.3 Å². The molecule has 0 unspecified atom stereocenters. The molecule has 2 heterocycles. The number of hydrogen-bond acceptors (Lipinski definition) is 7. The lowest BCUT2D eigenvalue weighted by molar-refractivity contribution is 0.0276. The van der Waals surface area contributed by atoms with Gasteiger partial charge in [-0.2, -0.15) is 0 Å². The van der Waals surface area contributed by atoms with E-state index in [0.717, 1.165) is 4.88 Å². The lowest BCUT2D eigenvalue weighted by Crippen LogP contribution is -2.10. The number of carbonyl (C=O) groups excluding carboxylic acids is 1. The van der Waals surface area contributed by atoms with Crippen LogP contribution < -0.4 is 0 Å². The molecular weight excluding hydrogens is 384 g/mol. The summed E-state index contributed by atoms with van der Waals surface area (Å²) in [5.41, 5.74) is 0.0595. The number of ether oxygens (including phenoxy) is 1. The zero-order chi connectivity index (χ0) is 16.4. The summed E-state index contributed by atoms with van der Waals surface area (Å²) in [6.45, 7) is 1.62. The van der Waals surface area contributed by atoms with Gasteiger partial charge in [-0.3, -0.25) is 0 Å². The van der Waals surface area contributed by atoms with Crippen molar-refractivity contribution < 1.29 is 19.1 Å². The number of hydrogen-bond donors (Lipinski definition) is 1. The number of halogens is 1. The Morgan fingerprint density at radius 3 is 2.96 bits per heavy atom. The van der Waals surface area contributed by atoms with Crippen LogP contribution in [0, 0.1) is 0 Å². The number of carbonyl (C=O) groups is 1.